The fourth-order valence-corrected chi connectivity index (χ4v) is 4.38. The molecule has 5 nitrogen and oxygen atoms in total. The fraction of sp³-hybridized carbons (Fsp3) is 0.190. The zero-order valence-corrected chi connectivity index (χ0v) is 16.3. The van der Waals surface area contributed by atoms with Crippen molar-refractivity contribution in [3.63, 3.8) is 0 Å². The third-order valence-corrected chi connectivity index (χ3v) is 5.91. The van der Waals surface area contributed by atoms with Gasteiger partial charge in [0.25, 0.3) is 0 Å². The van der Waals surface area contributed by atoms with E-state index in [1.807, 2.05) is 37.3 Å². The number of aryl methyl sites for hydroxylation is 1. The second-order valence-corrected chi connectivity index (χ2v) is 8.19. The fourth-order valence-electron chi connectivity index (χ4n) is 2.87. The number of rotatable bonds is 6. The first-order chi connectivity index (χ1) is 12.9. The Morgan fingerprint density at radius 2 is 1.74 bits per heavy atom. The normalized spacial score (nSPS) is 11.2. The van der Waals surface area contributed by atoms with Crippen LogP contribution < -0.4 is 9.47 Å². The first kappa shape index (κ1) is 18.9. The standard InChI is InChI=1S/C21H21NO4S/c1-15-5-4-6-17(9-15)18-10-16(12-22-13-18)14-27(23,24)21-11-19(25-2)7-8-20(21)26-3/h4-13H,14H2,1-3H3. The van der Waals surface area contributed by atoms with E-state index in [0.29, 0.717) is 17.1 Å². The van der Waals surface area contributed by atoms with Gasteiger partial charge in [-0.05, 0) is 36.2 Å². The highest BCUT2D eigenvalue weighted by Crippen LogP contribution is 2.31. The van der Waals surface area contributed by atoms with Crippen molar-refractivity contribution in [2.24, 2.45) is 0 Å². The van der Waals surface area contributed by atoms with E-state index in [2.05, 4.69) is 4.98 Å². The Hall–Kier alpha value is -2.86. The molecular formula is C21H21NO4S. The maximum absolute atomic E-state index is 13.0. The van der Waals surface area contributed by atoms with Gasteiger partial charge in [-0.2, -0.15) is 0 Å². The highest BCUT2D eigenvalue weighted by molar-refractivity contribution is 7.90. The number of methoxy groups -OCH3 is 2. The van der Waals surface area contributed by atoms with Crippen molar-refractivity contribution in [1.29, 1.82) is 0 Å². The summed E-state index contributed by atoms with van der Waals surface area (Å²) in [6.07, 6.45) is 3.31. The van der Waals surface area contributed by atoms with E-state index >= 15 is 0 Å². The Labute approximate surface area is 159 Å². The average Bonchev–Trinajstić information content (AvgIpc) is 2.67. The number of sulfone groups is 1. The van der Waals surface area contributed by atoms with Crippen molar-refractivity contribution in [2.75, 3.05) is 14.2 Å². The molecule has 0 unspecified atom stereocenters. The molecule has 3 rings (SSSR count). The summed E-state index contributed by atoms with van der Waals surface area (Å²) >= 11 is 0. The molecule has 140 valence electrons. The average molecular weight is 383 g/mol. The van der Waals surface area contributed by atoms with Gasteiger partial charge in [-0.25, -0.2) is 8.42 Å². The van der Waals surface area contributed by atoms with Gasteiger partial charge in [-0.3, -0.25) is 4.98 Å². The molecule has 0 N–H and O–H groups in total. The summed E-state index contributed by atoms with van der Waals surface area (Å²) in [4.78, 5) is 4.33. The van der Waals surface area contributed by atoms with Crippen molar-refractivity contribution in [3.8, 4) is 22.6 Å². The smallest absolute Gasteiger partial charge is 0.186 e. The highest BCUT2D eigenvalue weighted by Gasteiger charge is 2.22. The maximum atomic E-state index is 13.0. The first-order valence-electron chi connectivity index (χ1n) is 8.38. The number of benzene rings is 2. The molecular weight excluding hydrogens is 362 g/mol. The molecule has 1 aromatic heterocycles. The van der Waals surface area contributed by atoms with Gasteiger partial charge < -0.3 is 9.47 Å². The summed E-state index contributed by atoms with van der Waals surface area (Å²) in [5, 5.41) is 0. The summed E-state index contributed by atoms with van der Waals surface area (Å²) < 4.78 is 36.4. The van der Waals surface area contributed by atoms with Crippen LogP contribution >= 0.6 is 0 Å². The van der Waals surface area contributed by atoms with Gasteiger partial charge >= 0.3 is 0 Å². The predicted octanol–water partition coefficient (Wildman–Crippen LogP) is 4.05. The Balaban J connectivity index is 1.96. The number of aromatic nitrogens is 1. The van der Waals surface area contributed by atoms with Crippen molar-refractivity contribution in [3.05, 3.63) is 72.1 Å². The Morgan fingerprint density at radius 1 is 0.926 bits per heavy atom. The predicted molar refractivity (Wildman–Crippen MR) is 105 cm³/mol. The molecule has 0 aliphatic carbocycles. The number of hydrogen-bond donors (Lipinski definition) is 0. The number of nitrogens with zero attached hydrogens (tertiary/aromatic N) is 1. The van der Waals surface area contributed by atoms with Crippen LogP contribution in [0.15, 0.2) is 65.8 Å². The molecule has 0 aliphatic heterocycles. The molecule has 0 saturated heterocycles. The quantitative estimate of drug-likeness (QED) is 0.642. The molecule has 6 heteroatoms. The molecule has 0 spiro atoms. The zero-order chi connectivity index (χ0) is 19.4. The van der Waals surface area contributed by atoms with Gasteiger partial charge in [-0.1, -0.05) is 29.8 Å². The first-order valence-corrected chi connectivity index (χ1v) is 10.0. The molecule has 0 amide bonds. The van der Waals surface area contributed by atoms with Gasteiger partial charge in [0, 0.05) is 24.0 Å². The Morgan fingerprint density at radius 3 is 2.44 bits per heavy atom. The van der Waals surface area contributed by atoms with Crippen LogP contribution in [0.5, 0.6) is 11.5 Å². The third kappa shape index (κ3) is 4.28. The lowest BCUT2D eigenvalue weighted by Crippen LogP contribution is -2.07. The Bertz CT molecular complexity index is 1060. The van der Waals surface area contributed by atoms with Crippen LogP contribution in [0.1, 0.15) is 11.1 Å². The maximum Gasteiger partial charge on any atom is 0.186 e. The Kier molecular flexibility index (Phi) is 5.46. The lowest BCUT2D eigenvalue weighted by Gasteiger charge is -2.12. The van der Waals surface area contributed by atoms with E-state index in [4.69, 9.17) is 9.47 Å². The second kappa shape index (κ2) is 7.80. The topological polar surface area (TPSA) is 65.5 Å². The molecule has 2 aromatic carbocycles. The molecule has 0 saturated carbocycles. The van der Waals surface area contributed by atoms with Crippen LogP contribution in [-0.4, -0.2) is 27.6 Å². The van der Waals surface area contributed by atoms with Crippen molar-refractivity contribution in [1.82, 2.24) is 4.98 Å². The summed E-state index contributed by atoms with van der Waals surface area (Å²) in [7, 11) is -0.702. The van der Waals surface area contributed by atoms with Crippen molar-refractivity contribution >= 4 is 9.84 Å². The van der Waals surface area contributed by atoms with Crippen LogP contribution in [-0.2, 0) is 15.6 Å². The molecule has 27 heavy (non-hydrogen) atoms. The number of ether oxygens (including phenoxy) is 2. The van der Waals surface area contributed by atoms with Crippen LogP contribution in [0.4, 0.5) is 0 Å². The molecule has 0 bridgehead atoms. The van der Waals surface area contributed by atoms with Crippen molar-refractivity contribution < 1.29 is 17.9 Å². The number of hydrogen-bond acceptors (Lipinski definition) is 5. The van der Waals surface area contributed by atoms with E-state index in [1.165, 1.54) is 20.3 Å². The monoisotopic (exact) mass is 383 g/mol. The molecule has 3 aromatic rings. The molecule has 0 atom stereocenters. The largest absolute Gasteiger partial charge is 0.497 e. The summed E-state index contributed by atoms with van der Waals surface area (Å²) in [6.45, 7) is 2.01. The van der Waals surface area contributed by atoms with Gasteiger partial charge in [-0.15, -0.1) is 0 Å². The van der Waals surface area contributed by atoms with E-state index in [0.717, 1.165) is 16.7 Å². The molecule has 0 fully saturated rings. The second-order valence-electron chi connectivity index (χ2n) is 6.23. The van der Waals surface area contributed by atoms with Gasteiger partial charge in [0.15, 0.2) is 9.84 Å². The van der Waals surface area contributed by atoms with E-state index in [-0.39, 0.29) is 10.6 Å². The van der Waals surface area contributed by atoms with Crippen LogP contribution in [0, 0.1) is 6.92 Å². The molecule has 0 radical (unpaired) electrons. The van der Waals surface area contributed by atoms with E-state index < -0.39 is 9.84 Å². The summed E-state index contributed by atoms with van der Waals surface area (Å²) in [6, 6.07) is 14.6. The van der Waals surface area contributed by atoms with Crippen LogP contribution in [0.2, 0.25) is 0 Å². The van der Waals surface area contributed by atoms with Gasteiger partial charge in [0.1, 0.15) is 16.4 Å². The lowest BCUT2D eigenvalue weighted by atomic mass is 10.0. The van der Waals surface area contributed by atoms with Gasteiger partial charge in [0.05, 0.1) is 20.0 Å². The minimum Gasteiger partial charge on any atom is -0.497 e. The summed E-state index contributed by atoms with van der Waals surface area (Å²) in [5.74, 6) is 0.572. The third-order valence-electron chi connectivity index (χ3n) is 4.21. The molecule has 0 aliphatic rings. The van der Waals surface area contributed by atoms with E-state index in [1.54, 1.807) is 24.5 Å². The minimum absolute atomic E-state index is 0.102. The van der Waals surface area contributed by atoms with Gasteiger partial charge in [0.2, 0.25) is 0 Å². The van der Waals surface area contributed by atoms with E-state index in [9.17, 15) is 8.42 Å². The molecule has 1 heterocycles. The number of pyridine rings is 1. The van der Waals surface area contributed by atoms with Crippen LogP contribution in [0.25, 0.3) is 11.1 Å². The summed E-state index contributed by atoms with van der Waals surface area (Å²) in [5.41, 5.74) is 3.62. The minimum atomic E-state index is -3.64. The SMILES string of the molecule is COc1ccc(OC)c(S(=O)(=O)Cc2cncc(-c3cccc(C)c3)c2)c1. The van der Waals surface area contributed by atoms with Crippen molar-refractivity contribution in [2.45, 2.75) is 17.6 Å². The van der Waals surface area contributed by atoms with Crippen LogP contribution in [0.3, 0.4) is 0 Å². The zero-order valence-electron chi connectivity index (χ0n) is 15.5. The lowest BCUT2D eigenvalue weighted by molar-refractivity contribution is 0.392. The highest BCUT2D eigenvalue weighted by atomic mass is 32.2.